The number of hydrogen-bond acceptors (Lipinski definition) is 7. The molecule has 0 spiro atoms. The number of fused-ring (bicyclic) bond motifs is 7. The number of nitrogens with one attached hydrogen (secondary N) is 1. The molecule has 3 aromatic heterocycles. The first-order valence-corrected chi connectivity index (χ1v) is 30.0. The van der Waals surface area contributed by atoms with Crippen molar-refractivity contribution in [2.45, 2.75) is 116 Å². The summed E-state index contributed by atoms with van der Waals surface area (Å²) in [6.07, 6.45) is 16.0. The van der Waals surface area contributed by atoms with Gasteiger partial charge in [-0.25, -0.2) is 15.0 Å². The van der Waals surface area contributed by atoms with Crippen LogP contribution in [0.2, 0.25) is 0 Å². The molecule has 10 aromatic rings. The lowest BCUT2D eigenvalue weighted by molar-refractivity contribution is 0.405. The minimum absolute atomic E-state index is 0.00741. The van der Waals surface area contributed by atoms with Gasteiger partial charge >= 0.3 is 0 Å². The van der Waals surface area contributed by atoms with Crippen LogP contribution in [0.25, 0.3) is 55.8 Å². The number of unbranched alkanes of at least 4 members (excludes halogenated alkanes) is 4. The molecule has 0 saturated heterocycles. The van der Waals surface area contributed by atoms with Gasteiger partial charge in [-0.3, -0.25) is 4.90 Å². The van der Waals surface area contributed by atoms with Crippen LogP contribution in [0.4, 0.5) is 28.6 Å². The summed E-state index contributed by atoms with van der Waals surface area (Å²) in [5.74, 6) is 2.71. The van der Waals surface area contributed by atoms with Gasteiger partial charge in [0.25, 0.3) is 0 Å². The van der Waals surface area contributed by atoms with E-state index < -0.39 is 0 Å². The van der Waals surface area contributed by atoms with Crippen LogP contribution in [0.3, 0.4) is 0 Å². The second-order valence-electron chi connectivity index (χ2n) is 22.2. The van der Waals surface area contributed by atoms with Crippen LogP contribution in [0.5, 0.6) is 11.5 Å². The monoisotopic (exact) mass is 1080 g/mol. The lowest BCUT2D eigenvalue weighted by atomic mass is 9.71. The summed E-state index contributed by atoms with van der Waals surface area (Å²) in [4.78, 5) is 17.9. The average Bonchev–Trinajstić information content (AvgIpc) is 2.10. The van der Waals surface area contributed by atoms with Gasteiger partial charge in [0.2, 0.25) is 0 Å². The summed E-state index contributed by atoms with van der Waals surface area (Å²) in [7, 11) is 3.55. The van der Waals surface area contributed by atoms with Crippen LogP contribution >= 0.6 is 0 Å². The number of rotatable bonds is 21. The highest BCUT2D eigenvalue weighted by atomic mass is 16.5. The Balaban J connectivity index is 0.000000177. The molecule has 82 heavy (non-hydrogen) atoms. The van der Waals surface area contributed by atoms with Crippen molar-refractivity contribution in [1.29, 1.82) is 0 Å². The van der Waals surface area contributed by atoms with Gasteiger partial charge in [-0.05, 0) is 132 Å². The van der Waals surface area contributed by atoms with Gasteiger partial charge in [0, 0.05) is 67.4 Å². The maximum atomic E-state index is 5.99. The normalized spacial score (nSPS) is 13.0. The van der Waals surface area contributed by atoms with Gasteiger partial charge in [0.05, 0.1) is 37.0 Å². The molecule has 2 aliphatic rings. The quantitative estimate of drug-likeness (QED) is 0.0768. The Hall–Kier alpha value is -8.55. The number of aromatic nitrogens is 3. The van der Waals surface area contributed by atoms with Crippen molar-refractivity contribution in [3.8, 4) is 56.5 Å². The second-order valence-corrected chi connectivity index (χ2v) is 22.2. The van der Waals surface area contributed by atoms with Crippen LogP contribution in [0.1, 0.15) is 127 Å². The maximum Gasteiger partial charge on any atom is 0.138 e. The predicted octanol–water partition coefficient (Wildman–Crippen LogP) is 20.6. The Morgan fingerprint density at radius 2 is 0.878 bits per heavy atom. The standard InChI is InChI=1S/C42H41N3O.C33H36N2O/c1-4-6-25-42(26-7-5-2)35-21-14-22-38(46-3)40(35)41-36(42)23-24-37(44-41)31-17-13-20-34(27-31)45(33-18-9-8-10-19-33)39-28-30-15-11-12-16-32(30)29-43-39;1-4-6-21-33(22-7-5-2)27-17-12-18-30(36-3)31(27)32-28(33)19-20-29(35-32)24-13-11-16-26(23-24)34-25-14-9-8-10-15-25/h8-24,27-29H,4-7,25-26H2,1-3H3;8-20,23,34H,4-7,21-22H2,1-3H3. The average molecular weight is 1080 g/mol. The predicted molar refractivity (Wildman–Crippen MR) is 343 cm³/mol. The summed E-state index contributed by atoms with van der Waals surface area (Å²) >= 11 is 0. The van der Waals surface area contributed by atoms with Crippen molar-refractivity contribution in [3.05, 3.63) is 229 Å². The van der Waals surface area contributed by atoms with Crippen LogP contribution in [-0.4, -0.2) is 29.2 Å². The summed E-state index contributed by atoms with van der Waals surface area (Å²) in [5.41, 5.74) is 18.3. The van der Waals surface area contributed by atoms with Crippen molar-refractivity contribution in [2.24, 2.45) is 0 Å². The Bertz CT molecular complexity index is 3780. The molecule has 0 amide bonds. The third-order valence-electron chi connectivity index (χ3n) is 17.1. The lowest BCUT2D eigenvalue weighted by Crippen LogP contribution is -2.25. The molecule has 7 heteroatoms. The highest BCUT2D eigenvalue weighted by molar-refractivity contribution is 5.89. The lowest BCUT2D eigenvalue weighted by Gasteiger charge is -2.32. The number of anilines is 5. The molecule has 0 saturated carbocycles. The van der Waals surface area contributed by atoms with E-state index in [1.54, 1.807) is 14.2 Å². The smallest absolute Gasteiger partial charge is 0.138 e. The molecule has 3 heterocycles. The molecular formula is C75H77N5O2. The number of hydrogen-bond donors (Lipinski definition) is 1. The first kappa shape index (κ1) is 55.4. The van der Waals surface area contributed by atoms with E-state index in [4.69, 9.17) is 24.4 Å². The first-order chi connectivity index (χ1) is 40.4. The summed E-state index contributed by atoms with van der Waals surface area (Å²) in [6.45, 7) is 9.15. The second kappa shape index (κ2) is 25.1. The number of benzene rings is 7. The highest BCUT2D eigenvalue weighted by Gasteiger charge is 2.46. The summed E-state index contributed by atoms with van der Waals surface area (Å²) < 4.78 is 11.9. The molecular weight excluding hydrogens is 1000 g/mol. The Kier molecular flexibility index (Phi) is 16.9. The first-order valence-electron chi connectivity index (χ1n) is 30.0. The van der Waals surface area contributed by atoms with E-state index in [1.165, 1.54) is 79.2 Å². The van der Waals surface area contributed by atoms with Crippen LogP contribution in [0, 0.1) is 0 Å². The number of para-hydroxylation sites is 2. The Morgan fingerprint density at radius 1 is 0.415 bits per heavy atom. The number of ether oxygens (including phenoxy) is 2. The maximum absolute atomic E-state index is 5.99. The fourth-order valence-corrected chi connectivity index (χ4v) is 13.0. The van der Waals surface area contributed by atoms with Crippen LogP contribution in [0.15, 0.2) is 206 Å². The molecule has 0 fully saturated rings. The van der Waals surface area contributed by atoms with Gasteiger partial charge in [-0.15, -0.1) is 0 Å². The topological polar surface area (TPSA) is 72.4 Å². The zero-order valence-electron chi connectivity index (χ0n) is 48.7. The SMILES string of the molecule is CCCCC1(CCCC)c2ccc(-c3cccc(N(c4ccccc4)c4cc5ccccc5cn4)c3)nc2-c2c(OC)cccc21.CCCCC1(CCCC)c2ccc(-c3cccc(Nc4ccccc4)c3)nc2-c2c(OC)cccc21. The fraction of sp³-hybridized carbons (Fsp3) is 0.267. The zero-order valence-corrected chi connectivity index (χ0v) is 48.7. The fourth-order valence-electron chi connectivity index (χ4n) is 13.0. The van der Waals surface area contributed by atoms with E-state index in [2.05, 4.69) is 214 Å². The molecule has 414 valence electrons. The number of nitrogens with zero attached hydrogens (tertiary/aromatic N) is 4. The van der Waals surface area contributed by atoms with Gasteiger partial charge in [-0.2, -0.15) is 0 Å². The third kappa shape index (κ3) is 10.8. The zero-order chi connectivity index (χ0) is 56.5. The molecule has 12 rings (SSSR count). The minimum atomic E-state index is -0.0372. The van der Waals surface area contributed by atoms with Crippen molar-refractivity contribution in [1.82, 2.24) is 15.0 Å². The third-order valence-corrected chi connectivity index (χ3v) is 17.1. The van der Waals surface area contributed by atoms with Crippen molar-refractivity contribution in [3.63, 3.8) is 0 Å². The highest BCUT2D eigenvalue weighted by Crippen LogP contribution is 2.58. The molecule has 0 bridgehead atoms. The molecule has 0 atom stereocenters. The van der Waals surface area contributed by atoms with Crippen molar-refractivity contribution < 1.29 is 9.47 Å². The molecule has 7 aromatic carbocycles. The molecule has 2 aliphatic carbocycles. The van der Waals surface area contributed by atoms with E-state index in [0.29, 0.717) is 0 Å². The Labute approximate surface area is 486 Å². The van der Waals surface area contributed by atoms with Gasteiger partial charge < -0.3 is 14.8 Å². The molecule has 0 radical (unpaired) electrons. The number of methoxy groups -OCH3 is 2. The Morgan fingerprint density at radius 3 is 1.41 bits per heavy atom. The van der Waals surface area contributed by atoms with Crippen molar-refractivity contribution >= 4 is 39.3 Å². The molecule has 7 nitrogen and oxygen atoms in total. The van der Waals surface area contributed by atoms with Gasteiger partial charge in [0.15, 0.2) is 0 Å². The van der Waals surface area contributed by atoms with E-state index in [1.807, 2.05) is 30.5 Å². The van der Waals surface area contributed by atoms with Crippen LogP contribution < -0.4 is 19.7 Å². The van der Waals surface area contributed by atoms with Crippen LogP contribution in [-0.2, 0) is 10.8 Å². The van der Waals surface area contributed by atoms with Gasteiger partial charge in [-0.1, -0.05) is 200 Å². The van der Waals surface area contributed by atoms with E-state index >= 15 is 0 Å². The summed E-state index contributed by atoms with van der Waals surface area (Å²) in [5, 5.41) is 5.80. The van der Waals surface area contributed by atoms with E-state index in [9.17, 15) is 0 Å². The van der Waals surface area contributed by atoms with Crippen molar-refractivity contribution in [2.75, 3.05) is 24.4 Å². The molecule has 0 aliphatic heterocycles. The summed E-state index contributed by atoms with van der Waals surface area (Å²) in [6, 6.07) is 70.7. The number of pyridine rings is 3. The van der Waals surface area contributed by atoms with Gasteiger partial charge in [0.1, 0.15) is 17.3 Å². The largest absolute Gasteiger partial charge is 0.496 e. The van der Waals surface area contributed by atoms with E-state index in [-0.39, 0.29) is 10.8 Å². The molecule has 0 unspecified atom stereocenters. The van der Waals surface area contributed by atoms with E-state index in [0.717, 1.165) is 116 Å². The minimum Gasteiger partial charge on any atom is -0.496 e. The molecule has 1 N–H and O–H groups in total.